The maximum Gasteiger partial charge on any atom is 0.329 e. The lowest BCUT2D eigenvalue weighted by molar-refractivity contribution is -0.384. The zero-order chi connectivity index (χ0) is 31.5. The molecule has 12 nitrogen and oxygen atoms in total. The van der Waals surface area contributed by atoms with Crippen LogP contribution in [-0.4, -0.2) is 49.6 Å². The summed E-state index contributed by atoms with van der Waals surface area (Å²) in [6.07, 6.45) is 12.0. The Labute approximate surface area is 265 Å². The van der Waals surface area contributed by atoms with Crippen molar-refractivity contribution in [2.45, 2.75) is 25.7 Å². The normalized spacial score (nSPS) is 16.8. The highest BCUT2D eigenvalue weighted by molar-refractivity contribution is 6.07. The molecule has 4 aromatic rings. The first-order valence-electron chi connectivity index (χ1n) is 15.3. The number of nitrogens with two attached hydrogens (primary N) is 1. The zero-order valence-corrected chi connectivity index (χ0v) is 25.0. The molecule has 4 aliphatic rings. The number of nitro groups is 1. The van der Waals surface area contributed by atoms with Gasteiger partial charge in [-0.1, -0.05) is 60.7 Å². The molecule has 2 aromatic heterocycles. The van der Waals surface area contributed by atoms with E-state index in [2.05, 4.69) is 46.6 Å². The average molecular weight is 613 g/mol. The Hall–Kier alpha value is -5.78. The number of aliphatic imine (C=N–C) groups is 2. The van der Waals surface area contributed by atoms with Gasteiger partial charge in [-0.2, -0.15) is 0 Å². The summed E-state index contributed by atoms with van der Waals surface area (Å²) in [7, 11) is 0. The van der Waals surface area contributed by atoms with Crippen LogP contribution in [0.4, 0.5) is 23.0 Å². The largest absolute Gasteiger partial charge is 0.394 e. The number of anilines is 3. The fraction of sp³-hybridized carbons (Fsp3) is 0.235. The van der Waals surface area contributed by atoms with Gasteiger partial charge >= 0.3 is 5.69 Å². The number of hydrogen-bond donors (Lipinski definition) is 3. The summed E-state index contributed by atoms with van der Waals surface area (Å²) in [5.41, 5.74) is 10.8. The summed E-state index contributed by atoms with van der Waals surface area (Å²) in [5, 5.41) is 17.5. The lowest BCUT2D eigenvalue weighted by Gasteiger charge is -2.08. The first kappa shape index (κ1) is 29.0. The Kier molecular flexibility index (Phi) is 7.98. The second-order valence-electron chi connectivity index (χ2n) is 11.6. The molecule has 8 rings (SSSR count). The van der Waals surface area contributed by atoms with E-state index in [9.17, 15) is 10.1 Å². The fourth-order valence-corrected chi connectivity index (χ4v) is 5.23. The van der Waals surface area contributed by atoms with Crippen LogP contribution in [0.2, 0.25) is 0 Å². The van der Waals surface area contributed by atoms with Crippen molar-refractivity contribution in [3.8, 4) is 22.8 Å². The number of nitrogens with zero attached hydrogens (tertiary/aromatic N) is 7. The average Bonchev–Trinajstić information content (AvgIpc) is 4.03. The van der Waals surface area contributed by atoms with Gasteiger partial charge in [0.25, 0.3) is 0 Å². The summed E-state index contributed by atoms with van der Waals surface area (Å²) in [5.74, 6) is 4.71. The van der Waals surface area contributed by atoms with Crippen LogP contribution in [0.1, 0.15) is 25.7 Å². The third-order valence-corrected chi connectivity index (χ3v) is 8.05. The van der Waals surface area contributed by atoms with Crippen molar-refractivity contribution in [2.75, 3.05) is 29.5 Å². The predicted octanol–water partition coefficient (Wildman–Crippen LogP) is 6.10. The molecule has 12 heteroatoms. The van der Waals surface area contributed by atoms with Gasteiger partial charge in [0.05, 0.1) is 29.9 Å². The Morgan fingerprint density at radius 3 is 1.67 bits per heavy atom. The molecular formula is C34H32N10O2. The van der Waals surface area contributed by atoms with E-state index in [1.807, 2.05) is 66.7 Å². The minimum Gasteiger partial charge on any atom is -0.394 e. The lowest BCUT2D eigenvalue weighted by atomic mass is 10.2. The highest BCUT2D eigenvalue weighted by atomic mass is 16.6. The van der Waals surface area contributed by atoms with Gasteiger partial charge in [0.1, 0.15) is 17.9 Å². The summed E-state index contributed by atoms with van der Waals surface area (Å²) in [6, 6.07) is 19.2. The van der Waals surface area contributed by atoms with E-state index in [0.29, 0.717) is 41.5 Å². The smallest absolute Gasteiger partial charge is 0.329 e. The second kappa shape index (κ2) is 12.7. The van der Waals surface area contributed by atoms with E-state index in [1.165, 1.54) is 43.0 Å². The molecule has 0 spiro atoms. The molecule has 2 fully saturated rings. The minimum absolute atomic E-state index is 0.161. The summed E-state index contributed by atoms with van der Waals surface area (Å²) < 4.78 is 0. The number of aromatic nitrogens is 4. The Balaban J connectivity index is 0.000000147. The van der Waals surface area contributed by atoms with Gasteiger partial charge in [-0.25, -0.2) is 19.9 Å². The van der Waals surface area contributed by atoms with E-state index in [-0.39, 0.29) is 11.5 Å². The maximum absolute atomic E-state index is 11.3. The van der Waals surface area contributed by atoms with Crippen LogP contribution >= 0.6 is 0 Å². The molecule has 4 N–H and O–H groups in total. The fourth-order valence-electron chi connectivity index (χ4n) is 5.23. The molecule has 0 unspecified atom stereocenters. The molecule has 2 aliphatic carbocycles. The summed E-state index contributed by atoms with van der Waals surface area (Å²) in [4.78, 5) is 37.0. The standard InChI is InChI=1S/C17H15N5O2.C17H17N5/c23-22(24)14-10-19-16(12-4-2-1-3-5-12)21-17(14)20-15-8-13(9-18-15)11-6-7-11;18-14-10-20-16(12-4-2-1-3-5-12)22-17(14)21-15-8-13(9-19-15)11-6-7-11/h1-5,8,10-11H,6-7,9H2,(H,18,19,20,21);1-5,8,10-11H,6-7,9,18H2,(H,19,20,21,22). The Morgan fingerprint density at radius 1 is 0.696 bits per heavy atom. The highest BCUT2D eigenvalue weighted by Crippen LogP contribution is 2.39. The van der Waals surface area contributed by atoms with E-state index in [1.54, 1.807) is 6.20 Å². The van der Waals surface area contributed by atoms with Crippen LogP contribution in [0.3, 0.4) is 0 Å². The third kappa shape index (κ3) is 6.80. The molecule has 0 bridgehead atoms. The number of benzene rings is 2. The first-order chi connectivity index (χ1) is 22.5. The van der Waals surface area contributed by atoms with Crippen molar-refractivity contribution in [1.29, 1.82) is 0 Å². The van der Waals surface area contributed by atoms with E-state index in [4.69, 9.17) is 5.73 Å². The van der Waals surface area contributed by atoms with Crippen molar-refractivity contribution in [1.82, 2.24) is 19.9 Å². The molecule has 0 saturated heterocycles. The Morgan fingerprint density at radius 2 is 1.17 bits per heavy atom. The van der Waals surface area contributed by atoms with Gasteiger partial charge in [0, 0.05) is 11.1 Å². The van der Waals surface area contributed by atoms with Crippen molar-refractivity contribution in [3.05, 3.63) is 106 Å². The summed E-state index contributed by atoms with van der Waals surface area (Å²) >= 11 is 0. The van der Waals surface area contributed by atoms with E-state index in [0.717, 1.165) is 29.4 Å². The molecule has 2 saturated carbocycles. The van der Waals surface area contributed by atoms with Crippen molar-refractivity contribution >= 4 is 34.7 Å². The molecule has 2 aliphatic heterocycles. The molecule has 4 heterocycles. The van der Waals surface area contributed by atoms with Crippen LogP contribution in [0, 0.1) is 22.0 Å². The van der Waals surface area contributed by atoms with Gasteiger partial charge in [-0.05, 0) is 60.8 Å². The highest BCUT2D eigenvalue weighted by Gasteiger charge is 2.29. The van der Waals surface area contributed by atoms with Crippen LogP contribution in [0.15, 0.2) is 106 Å². The van der Waals surface area contributed by atoms with E-state index < -0.39 is 4.92 Å². The molecule has 0 amide bonds. The molecule has 0 atom stereocenters. The second-order valence-corrected chi connectivity index (χ2v) is 11.6. The van der Waals surface area contributed by atoms with Crippen LogP contribution in [0.25, 0.3) is 22.8 Å². The van der Waals surface area contributed by atoms with Gasteiger partial charge in [0.2, 0.25) is 5.82 Å². The molecule has 46 heavy (non-hydrogen) atoms. The Bertz CT molecular complexity index is 1900. The molecule has 230 valence electrons. The summed E-state index contributed by atoms with van der Waals surface area (Å²) in [6.45, 7) is 1.46. The number of amidine groups is 2. The number of nitrogens with one attached hydrogen (secondary N) is 2. The van der Waals surface area contributed by atoms with Gasteiger partial charge < -0.3 is 16.4 Å². The van der Waals surface area contributed by atoms with Crippen molar-refractivity contribution in [2.24, 2.45) is 21.8 Å². The van der Waals surface area contributed by atoms with Crippen LogP contribution in [-0.2, 0) is 0 Å². The molecule has 2 aromatic carbocycles. The molecular weight excluding hydrogens is 580 g/mol. The van der Waals surface area contributed by atoms with Gasteiger partial charge in [-0.15, -0.1) is 0 Å². The zero-order valence-electron chi connectivity index (χ0n) is 25.0. The number of rotatable bonds is 7. The monoisotopic (exact) mass is 612 g/mol. The first-order valence-corrected chi connectivity index (χ1v) is 15.3. The minimum atomic E-state index is -0.488. The third-order valence-electron chi connectivity index (χ3n) is 8.05. The van der Waals surface area contributed by atoms with Crippen molar-refractivity contribution in [3.63, 3.8) is 0 Å². The van der Waals surface area contributed by atoms with Crippen LogP contribution in [0.5, 0.6) is 0 Å². The molecule has 0 radical (unpaired) electrons. The van der Waals surface area contributed by atoms with Gasteiger partial charge in [0.15, 0.2) is 17.5 Å². The topological polar surface area (TPSA) is 170 Å². The van der Waals surface area contributed by atoms with Crippen LogP contribution < -0.4 is 16.4 Å². The van der Waals surface area contributed by atoms with E-state index >= 15 is 0 Å². The number of hydrogen-bond acceptors (Lipinski definition) is 11. The quantitative estimate of drug-likeness (QED) is 0.165. The number of nitrogen functional groups attached to an aromatic ring is 1. The SMILES string of the molecule is Nc1cnc(-c2ccccc2)nc1NC1=NCC(C2CC2)=C1.O=[N+]([O-])c1cnc(-c2ccccc2)nc1NC1=NCC(C2CC2)=C1. The van der Waals surface area contributed by atoms with Gasteiger partial charge in [-0.3, -0.25) is 20.1 Å². The maximum atomic E-state index is 11.3. The predicted molar refractivity (Wildman–Crippen MR) is 179 cm³/mol. The van der Waals surface area contributed by atoms with Crippen molar-refractivity contribution < 1.29 is 4.92 Å². The lowest BCUT2D eigenvalue weighted by Crippen LogP contribution is -2.11.